The van der Waals surface area contributed by atoms with Crippen molar-refractivity contribution in [2.24, 2.45) is 5.73 Å². The van der Waals surface area contributed by atoms with Gasteiger partial charge in [-0.2, -0.15) is 0 Å². The minimum absolute atomic E-state index is 0.109. The van der Waals surface area contributed by atoms with Crippen molar-refractivity contribution in [1.29, 1.82) is 0 Å². The van der Waals surface area contributed by atoms with Gasteiger partial charge in [0.2, 0.25) is 0 Å². The predicted octanol–water partition coefficient (Wildman–Crippen LogP) is 1.23. The first-order valence-electron chi connectivity index (χ1n) is 4.47. The van der Waals surface area contributed by atoms with E-state index >= 15 is 0 Å². The van der Waals surface area contributed by atoms with Crippen LogP contribution in [0, 0.1) is 0 Å². The highest BCUT2D eigenvalue weighted by Crippen LogP contribution is 2.25. The average molecular weight is 231 g/mol. The molecule has 0 amide bonds. The number of nitrogens with two attached hydrogens (primary N) is 1. The largest absolute Gasteiger partial charge is 0.327 e. The van der Waals surface area contributed by atoms with Crippen molar-refractivity contribution in [2.45, 2.75) is 17.5 Å². The predicted molar refractivity (Wildman–Crippen MR) is 57.1 cm³/mol. The van der Waals surface area contributed by atoms with Crippen LogP contribution in [0.15, 0.2) is 29.2 Å². The number of hydrogen-bond acceptors (Lipinski definition) is 3. The first kappa shape index (κ1) is 12.1. The summed E-state index contributed by atoms with van der Waals surface area (Å²) < 4.78 is 36.3. The molecule has 1 atom stereocenters. The lowest BCUT2D eigenvalue weighted by molar-refractivity contribution is 0.203. The van der Waals surface area contributed by atoms with E-state index in [-0.39, 0.29) is 17.0 Å². The van der Waals surface area contributed by atoms with Gasteiger partial charge in [-0.1, -0.05) is 12.1 Å². The quantitative estimate of drug-likeness (QED) is 0.851. The van der Waals surface area contributed by atoms with Crippen molar-refractivity contribution in [2.75, 3.05) is 12.8 Å². The molecule has 5 heteroatoms. The fraction of sp³-hybridized carbons (Fsp3) is 0.400. The maximum Gasteiger partial charge on any atom is 0.175 e. The van der Waals surface area contributed by atoms with Crippen molar-refractivity contribution < 1.29 is 12.8 Å². The highest BCUT2D eigenvalue weighted by atomic mass is 32.2. The lowest BCUT2D eigenvalue weighted by atomic mass is 9.98. The Balaban J connectivity index is 3.26. The molecular weight excluding hydrogens is 217 g/mol. The molecule has 0 heterocycles. The van der Waals surface area contributed by atoms with Crippen molar-refractivity contribution in [3.8, 4) is 0 Å². The fourth-order valence-electron chi connectivity index (χ4n) is 1.17. The first-order valence-corrected chi connectivity index (χ1v) is 6.36. The van der Waals surface area contributed by atoms with Crippen LogP contribution < -0.4 is 5.73 Å². The number of rotatable bonds is 3. The zero-order chi connectivity index (χ0) is 11.7. The molecule has 0 radical (unpaired) electrons. The van der Waals surface area contributed by atoms with E-state index in [4.69, 9.17) is 5.73 Å². The van der Waals surface area contributed by atoms with Crippen molar-refractivity contribution in [3.05, 3.63) is 29.8 Å². The van der Waals surface area contributed by atoms with E-state index in [1.165, 1.54) is 31.2 Å². The van der Waals surface area contributed by atoms with Gasteiger partial charge in [-0.15, -0.1) is 0 Å². The van der Waals surface area contributed by atoms with E-state index < -0.39 is 15.5 Å². The highest BCUT2D eigenvalue weighted by Gasteiger charge is 2.24. The molecule has 0 spiro atoms. The molecule has 3 nitrogen and oxygen atoms in total. The molecule has 84 valence electrons. The smallest absolute Gasteiger partial charge is 0.175 e. The Morgan fingerprint density at radius 1 is 1.47 bits per heavy atom. The number of alkyl halides is 1. The molecule has 0 fully saturated rings. The van der Waals surface area contributed by atoms with Crippen LogP contribution in [0.25, 0.3) is 0 Å². The second-order valence-electron chi connectivity index (χ2n) is 3.70. The molecule has 0 aliphatic rings. The van der Waals surface area contributed by atoms with Crippen molar-refractivity contribution in [3.63, 3.8) is 0 Å². The molecule has 1 aromatic carbocycles. The molecule has 0 aliphatic carbocycles. The molecule has 1 aromatic rings. The summed E-state index contributed by atoms with van der Waals surface area (Å²) >= 11 is 0. The summed E-state index contributed by atoms with van der Waals surface area (Å²) in [6, 6.07) is 5.80. The fourth-order valence-corrected chi connectivity index (χ4v) is 1.84. The van der Waals surface area contributed by atoms with Crippen LogP contribution >= 0.6 is 0 Å². The van der Waals surface area contributed by atoms with Gasteiger partial charge in [0, 0.05) is 12.8 Å². The van der Waals surface area contributed by atoms with E-state index in [0.29, 0.717) is 0 Å². The maximum atomic E-state index is 13.8. The van der Waals surface area contributed by atoms with E-state index in [1.807, 2.05) is 0 Å². The second kappa shape index (κ2) is 3.90. The summed E-state index contributed by atoms with van der Waals surface area (Å²) in [6.45, 7) is 1.15. The maximum absolute atomic E-state index is 13.8. The number of benzene rings is 1. The third-order valence-electron chi connectivity index (χ3n) is 2.25. The SMILES string of the molecule is CC(F)(CN)c1cccc(S(C)(=O)=O)c1. The zero-order valence-electron chi connectivity index (χ0n) is 8.70. The van der Waals surface area contributed by atoms with Gasteiger partial charge in [0.1, 0.15) is 5.67 Å². The van der Waals surface area contributed by atoms with Crippen LogP contribution in [0.5, 0.6) is 0 Å². The van der Waals surface area contributed by atoms with Gasteiger partial charge in [0.15, 0.2) is 9.84 Å². The highest BCUT2D eigenvalue weighted by molar-refractivity contribution is 7.90. The number of hydrogen-bond donors (Lipinski definition) is 1. The molecule has 0 saturated carbocycles. The van der Waals surface area contributed by atoms with Crippen LogP contribution in [-0.2, 0) is 15.5 Å². The Kier molecular flexibility index (Phi) is 3.16. The Bertz CT molecular complexity index is 454. The number of halogens is 1. The molecule has 0 saturated heterocycles. The lowest BCUT2D eigenvalue weighted by Gasteiger charge is -2.18. The zero-order valence-corrected chi connectivity index (χ0v) is 9.51. The summed E-state index contributed by atoms with van der Waals surface area (Å²) in [5, 5.41) is 0. The summed E-state index contributed by atoms with van der Waals surface area (Å²) in [6.07, 6.45) is 1.09. The van der Waals surface area contributed by atoms with Crippen molar-refractivity contribution >= 4 is 9.84 Å². The monoisotopic (exact) mass is 231 g/mol. The molecule has 1 rings (SSSR count). The summed E-state index contributed by atoms with van der Waals surface area (Å²) in [7, 11) is -3.30. The van der Waals surface area contributed by atoms with Crippen LogP contribution in [0.1, 0.15) is 12.5 Å². The standard InChI is InChI=1S/C10H14FNO2S/c1-10(11,7-12)8-4-3-5-9(6-8)15(2,13)14/h3-6H,7,12H2,1-2H3. The Labute approximate surface area is 89.0 Å². The van der Waals surface area contributed by atoms with Crippen LogP contribution in [0.2, 0.25) is 0 Å². The Hall–Kier alpha value is -0.940. The van der Waals surface area contributed by atoms with E-state index in [1.54, 1.807) is 0 Å². The van der Waals surface area contributed by atoms with E-state index in [2.05, 4.69) is 0 Å². The van der Waals surface area contributed by atoms with Crippen LogP contribution in [0.3, 0.4) is 0 Å². The van der Waals surface area contributed by atoms with Gasteiger partial charge in [-0.05, 0) is 24.6 Å². The molecule has 0 aromatic heterocycles. The molecular formula is C10H14FNO2S. The van der Waals surface area contributed by atoms with Gasteiger partial charge < -0.3 is 5.73 Å². The second-order valence-corrected chi connectivity index (χ2v) is 5.72. The molecule has 0 bridgehead atoms. The van der Waals surface area contributed by atoms with Gasteiger partial charge in [0.05, 0.1) is 4.90 Å². The summed E-state index contributed by atoms with van der Waals surface area (Å²) in [5.41, 5.74) is 3.86. The average Bonchev–Trinajstić information content (AvgIpc) is 2.17. The van der Waals surface area contributed by atoms with Crippen molar-refractivity contribution in [1.82, 2.24) is 0 Å². The van der Waals surface area contributed by atoms with Gasteiger partial charge in [-0.25, -0.2) is 12.8 Å². The number of sulfone groups is 1. The Morgan fingerprint density at radius 3 is 2.53 bits per heavy atom. The molecule has 1 unspecified atom stereocenters. The Morgan fingerprint density at radius 2 is 2.07 bits per heavy atom. The van der Waals surface area contributed by atoms with Crippen LogP contribution in [-0.4, -0.2) is 21.2 Å². The normalized spacial score (nSPS) is 16.0. The lowest BCUT2D eigenvalue weighted by Crippen LogP contribution is -2.26. The summed E-state index contributed by atoms with van der Waals surface area (Å²) in [5.74, 6) is 0. The van der Waals surface area contributed by atoms with E-state index in [0.717, 1.165) is 6.26 Å². The van der Waals surface area contributed by atoms with E-state index in [9.17, 15) is 12.8 Å². The minimum Gasteiger partial charge on any atom is -0.327 e. The first-order chi connectivity index (χ1) is 6.77. The van der Waals surface area contributed by atoms with Crippen LogP contribution in [0.4, 0.5) is 4.39 Å². The van der Waals surface area contributed by atoms with Gasteiger partial charge in [0.25, 0.3) is 0 Å². The minimum atomic E-state index is -3.30. The topological polar surface area (TPSA) is 60.2 Å². The third-order valence-corrected chi connectivity index (χ3v) is 3.36. The third kappa shape index (κ3) is 2.76. The molecule has 15 heavy (non-hydrogen) atoms. The van der Waals surface area contributed by atoms with Gasteiger partial charge in [-0.3, -0.25) is 0 Å². The molecule has 0 aliphatic heterocycles. The summed E-state index contributed by atoms with van der Waals surface area (Å²) in [4.78, 5) is 0.109. The van der Waals surface area contributed by atoms with Gasteiger partial charge >= 0.3 is 0 Å². The molecule has 2 N–H and O–H groups in total.